The number of hydrogen-bond donors (Lipinski definition) is 2. The Morgan fingerprint density at radius 2 is 2.31 bits per heavy atom. The molecule has 0 bridgehead atoms. The average molecular weight is 222 g/mol. The molecule has 0 radical (unpaired) electrons. The molecule has 1 aromatic rings. The van der Waals surface area contributed by atoms with Gasteiger partial charge in [0.1, 0.15) is 0 Å². The summed E-state index contributed by atoms with van der Waals surface area (Å²) < 4.78 is 0. The van der Waals surface area contributed by atoms with E-state index in [1.54, 1.807) is 12.3 Å². The number of aromatic nitrogens is 1. The fourth-order valence-corrected chi connectivity index (χ4v) is 1.90. The number of nitrogens with zero attached hydrogens (tertiary/aromatic N) is 2. The van der Waals surface area contributed by atoms with Gasteiger partial charge in [0.2, 0.25) is 0 Å². The second-order valence-corrected chi connectivity index (χ2v) is 3.98. The lowest BCUT2D eigenvalue weighted by Crippen LogP contribution is -2.52. The molecule has 1 aliphatic heterocycles. The molecule has 5 nitrogen and oxygen atoms in total. The van der Waals surface area contributed by atoms with Crippen LogP contribution in [0.5, 0.6) is 0 Å². The fourth-order valence-electron chi connectivity index (χ4n) is 1.90. The van der Waals surface area contributed by atoms with Gasteiger partial charge < -0.3 is 10.2 Å². The van der Waals surface area contributed by atoms with Crippen LogP contribution in [-0.4, -0.2) is 45.3 Å². The highest BCUT2D eigenvalue weighted by Crippen LogP contribution is 2.27. The molecular weight excluding hydrogens is 208 g/mol. The number of carboxylic acids is 1. The summed E-state index contributed by atoms with van der Waals surface area (Å²) in [7, 11) is 0. The standard InChI is InChI=1S/C11H14N2O3/c14-8-6-13(7-8)10(5-11(15)16)9-3-1-2-4-12-9/h1-4,8,10,14H,5-7H2,(H,15,16). The van der Waals surface area contributed by atoms with Crippen LogP contribution in [0.3, 0.4) is 0 Å². The third-order valence-electron chi connectivity index (χ3n) is 2.73. The normalized spacial score (nSPS) is 19.1. The SMILES string of the molecule is O=C(O)CC(c1ccccn1)N1CC(O)C1. The van der Waals surface area contributed by atoms with Gasteiger partial charge in [-0.05, 0) is 12.1 Å². The van der Waals surface area contributed by atoms with Crippen LogP contribution in [0.25, 0.3) is 0 Å². The highest BCUT2D eigenvalue weighted by atomic mass is 16.4. The Bertz CT molecular complexity index is 363. The van der Waals surface area contributed by atoms with Crippen LogP contribution >= 0.6 is 0 Å². The van der Waals surface area contributed by atoms with Gasteiger partial charge in [0, 0.05) is 19.3 Å². The largest absolute Gasteiger partial charge is 0.481 e. The lowest BCUT2D eigenvalue weighted by Gasteiger charge is -2.41. The van der Waals surface area contributed by atoms with Crippen molar-refractivity contribution in [2.24, 2.45) is 0 Å². The predicted molar refractivity (Wildman–Crippen MR) is 56.8 cm³/mol. The van der Waals surface area contributed by atoms with Gasteiger partial charge in [-0.25, -0.2) is 0 Å². The summed E-state index contributed by atoms with van der Waals surface area (Å²) in [6, 6.07) is 5.22. The van der Waals surface area contributed by atoms with Gasteiger partial charge >= 0.3 is 5.97 Å². The summed E-state index contributed by atoms with van der Waals surface area (Å²) in [4.78, 5) is 16.9. The monoisotopic (exact) mass is 222 g/mol. The smallest absolute Gasteiger partial charge is 0.305 e. The molecule has 1 aliphatic rings. The first-order valence-electron chi connectivity index (χ1n) is 5.21. The highest BCUT2D eigenvalue weighted by molar-refractivity contribution is 5.67. The zero-order chi connectivity index (χ0) is 11.5. The van der Waals surface area contributed by atoms with Gasteiger partial charge in [0.05, 0.1) is 24.3 Å². The maximum Gasteiger partial charge on any atom is 0.305 e. The average Bonchev–Trinajstić information content (AvgIpc) is 2.23. The molecule has 1 aromatic heterocycles. The Kier molecular flexibility index (Phi) is 3.17. The number of β-amino-alcohol motifs (C(OH)–C–C–N with tert-alkyl or cyclic N) is 1. The second-order valence-electron chi connectivity index (χ2n) is 3.98. The van der Waals surface area contributed by atoms with Gasteiger partial charge in [-0.2, -0.15) is 0 Å². The molecule has 2 rings (SSSR count). The molecular formula is C11H14N2O3. The van der Waals surface area contributed by atoms with E-state index >= 15 is 0 Å². The van der Waals surface area contributed by atoms with E-state index in [0.717, 1.165) is 5.69 Å². The molecule has 1 atom stereocenters. The number of hydrogen-bond acceptors (Lipinski definition) is 4. The molecule has 5 heteroatoms. The number of carbonyl (C=O) groups is 1. The van der Waals surface area contributed by atoms with E-state index in [0.29, 0.717) is 13.1 Å². The third kappa shape index (κ3) is 2.37. The minimum Gasteiger partial charge on any atom is -0.481 e. The topological polar surface area (TPSA) is 73.7 Å². The van der Waals surface area contributed by atoms with Crippen LogP contribution in [0.4, 0.5) is 0 Å². The highest BCUT2D eigenvalue weighted by Gasteiger charge is 2.33. The summed E-state index contributed by atoms with van der Waals surface area (Å²) in [5.74, 6) is -0.850. The predicted octanol–water partition coefficient (Wildman–Crippen LogP) is 0.274. The van der Waals surface area contributed by atoms with Crippen molar-refractivity contribution in [3.63, 3.8) is 0 Å². The van der Waals surface area contributed by atoms with E-state index in [4.69, 9.17) is 5.11 Å². The zero-order valence-corrected chi connectivity index (χ0v) is 8.78. The van der Waals surface area contributed by atoms with Crippen molar-refractivity contribution < 1.29 is 15.0 Å². The van der Waals surface area contributed by atoms with E-state index in [2.05, 4.69) is 4.98 Å². The first-order valence-corrected chi connectivity index (χ1v) is 5.21. The summed E-state index contributed by atoms with van der Waals surface area (Å²) in [5, 5.41) is 18.1. The molecule has 0 aromatic carbocycles. The van der Waals surface area contributed by atoms with E-state index in [1.807, 2.05) is 17.0 Å². The minimum atomic E-state index is -0.850. The van der Waals surface area contributed by atoms with Crippen LogP contribution in [-0.2, 0) is 4.79 Å². The maximum absolute atomic E-state index is 10.8. The molecule has 1 fully saturated rings. The summed E-state index contributed by atoms with van der Waals surface area (Å²) in [6.45, 7) is 1.04. The van der Waals surface area contributed by atoms with Crippen molar-refractivity contribution in [3.8, 4) is 0 Å². The summed E-state index contributed by atoms with van der Waals surface area (Å²) in [5.41, 5.74) is 0.747. The minimum absolute atomic E-state index is 0.0176. The van der Waals surface area contributed by atoms with Gasteiger partial charge in [-0.1, -0.05) is 6.07 Å². The third-order valence-corrected chi connectivity index (χ3v) is 2.73. The number of rotatable bonds is 4. The van der Waals surface area contributed by atoms with Crippen LogP contribution in [0.2, 0.25) is 0 Å². The van der Waals surface area contributed by atoms with Crippen molar-refractivity contribution >= 4 is 5.97 Å². The molecule has 0 spiro atoms. The van der Waals surface area contributed by atoms with Gasteiger partial charge in [-0.3, -0.25) is 14.7 Å². The fraction of sp³-hybridized carbons (Fsp3) is 0.455. The number of pyridine rings is 1. The number of carboxylic acid groups (broad SMARTS) is 1. The summed E-state index contributed by atoms with van der Waals surface area (Å²) in [6.07, 6.45) is 1.34. The van der Waals surface area contributed by atoms with E-state index in [9.17, 15) is 9.90 Å². The Hall–Kier alpha value is -1.46. The van der Waals surface area contributed by atoms with E-state index in [-0.39, 0.29) is 18.6 Å². The number of likely N-dealkylation sites (tertiary alicyclic amines) is 1. The molecule has 2 N–H and O–H groups in total. The lowest BCUT2D eigenvalue weighted by molar-refractivity contribution is -0.140. The van der Waals surface area contributed by atoms with Gasteiger partial charge in [-0.15, -0.1) is 0 Å². The molecule has 1 unspecified atom stereocenters. The van der Waals surface area contributed by atoms with Crippen LogP contribution in [0, 0.1) is 0 Å². The molecule has 0 amide bonds. The Balaban J connectivity index is 2.12. The zero-order valence-electron chi connectivity index (χ0n) is 8.78. The first kappa shape index (κ1) is 11.0. The Morgan fingerprint density at radius 1 is 1.56 bits per heavy atom. The van der Waals surface area contributed by atoms with Crippen molar-refractivity contribution in [2.75, 3.05) is 13.1 Å². The van der Waals surface area contributed by atoms with Gasteiger partial charge in [0.15, 0.2) is 0 Å². The van der Waals surface area contributed by atoms with E-state index < -0.39 is 5.97 Å². The molecule has 86 valence electrons. The van der Waals surface area contributed by atoms with Crippen molar-refractivity contribution in [3.05, 3.63) is 30.1 Å². The summed E-state index contributed by atoms with van der Waals surface area (Å²) >= 11 is 0. The Labute approximate surface area is 93.3 Å². The molecule has 2 heterocycles. The van der Waals surface area contributed by atoms with E-state index in [1.165, 1.54) is 0 Å². The van der Waals surface area contributed by atoms with Crippen molar-refractivity contribution in [1.29, 1.82) is 0 Å². The van der Waals surface area contributed by atoms with Crippen molar-refractivity contribution in [1.82, 2.24) is 9.88 Å². The molecule has 0 aliphatic carbocycles. The van der Waals surface area contributed by atoms with Crippen LogP contribution in [0.1, 0.15) is 18.2 Å². The number of aliphatic carboxylic acids is 1. The Morgan fingerprint density at radius 3 is 2.81 bits per heavy atom. The lowest BCUT2D eigenvalue weighted by atomic mass is 10.0. The van der Waals surface area contributed by atoms with Crippen LogP contribution in [0.15, 0.2) is 24.4 Å². The van der Waals surface area contributed by atoms with Gasteiger partial charge in [0.25, 0.3) is 0 Å². The first-order chi connectivity index (χ1) is 7.66. The van der Waals surface area contributed by atoms with Crippen molar-refractivity contribution in [2.45, 2.75) is 18.6 Å². The maximum atomic E-state index is 10.8. The number of aliphatic hydroxyl groups excluding tert-OH is 1. The number of aliphatic hydroxyl groups is 1. The molecule has 1 saturated heterocycles. The van der Waals surface area contributed by atoms with Crippen LogP contribution < -0.4 is 0 Å². The molecule has 0 saturated carbocycles. The quantitative estimate of drug-likeness (QED) is 0.765. The molecule has 16 heavy (non-hydrogen) atoms. The second kappa shape index (κ2) is 4.59.